The number of hydrogen-bond acceptors (Lipinski definition) is 6. The fourth-order valence-corrected chi connectivity index (χ4v) is 4.56. The lowest BCUT2D eigenvalue weighted by atomic mass is 9.90. The number of nitrogens with zero attached hydrogens (tertiary/aromatic N) is 3. The number of likely N-dealkylation sites (tertiary alicyclic amines) is 1. The van der Waals surface area contributed by atoms with E-state index in [1.165, 1.54) is 11.6 Å². The van der Waals surface area contributed by atoms with Crippen LogP contribution < -0.4 is 5.32 Å². The minimum absolute atomic E-state index is 0.00578. The van der Waals surface area contributed by atoms with E-state index in [1.54, 1.807) is 0 Å². The summed E-state index contributed by atoms with van der Waals surface area (Å²) in [5.74, 6) is -2.02. The zero-order valence-electron chi connectivity index (χ0n) is 18.4. The Morgan fingerprint density at radius 3 is 2.44 bits per heavy atom. The molecule has 1 N–H and O–H groups in total. The fourth-order valence-electron chi connectivity index (χ4n) is 3.88. The Kier molecular flexibility index (Phi) is 7.89. The summed E-state index contributed by atoms with van der Waals surface area (Å²) in [6.07, 6.45) is 2.97. The van der Waals surface area contributed by atoms with E-state index < -0.39 is 23.1 Å². The molecular weight excluding hydrogens is 462 g/mol. The minimum Gasteiger partial charge on any atom is -0.414 e. The molecule has 4 rings (SSSR count). The van der Waals surface area contributed by atoms with E-state index in [0.717, 1.165) is 56.2 Å². The van der Waals surface area contributed by atoms with Crippen LogP contribution in [0, 0.1) is 17.6 Å². The highest BCUT2D eigenvalue weighted by atomic mass is 32.2. The van der Waals surface area contributed by atoms with Gasteiger partial charge in [0.05, 0.1) is 12.3 Å². The third-order valence-electron chi connectivity index (χ3n) is 5.69. The predicted octanol–water partition coefficient (Wildman–Crippen LogP) is 3.85. The van der Waals surface area contributed by atoms with Gasteiger partial charge in [0, 0.05) is 13.1 Å². The van der Waals surface area contributed by atoms with Crippen LogP contribution in [0.1, 0.15) is 34.7 Å². The van der Waals surface area contributed by atoms with Crippen LogP contribution in [-0.2, 0) is 17.8 Å². The highest BCUT2D eigenvalue weighted by Crippen LogP contribution is 2.23. The van der Waals surface area contributed by atoms with Crippen LogP contribution in [0.15, 0.2) is 58.2 Å². The Hall–Kier alpha value is -3.27. The Morgan fingerprint density at radius 2 is 1.74 bits per heavy atom. The standard InChI is InChI=1S/C24H24F2N4O3S/c25-18-7-4-8-19(26)22(18)23(32)27-14-20-28-29-24(33-20)34-15-21(31)30-11-9-17(10-12-30)13-16-5-2-1-3-6-16/h1-8,17H,9-15H2,(H,27,32). The van der Waals surface area contributed by atoms with Crippen molar-refractivity contribution in [1.82, 2.24) is 20.4 Å². The van der Waals surface area contributed by atoms with Crippen LogP contribution in [0.3, 0.4) is 0 Å². The molecular formula is C24H24F2N4O3S. The van der Waals surface area contributed by atoms with Crippen LogP contribution >= 0.6 is 11.8 Å². The van der Waals surface area contributed by atoms with Gasteiger partial charge in [-0.1, -0.05) is 48.2 Å². The minimum atomic E-state index is -0.957. The zero-order chi connectivity index (χ0) is 23.9. The molecule has 0 bridgehead atoms. The van der Waals surface area contributed by atoms with Crippen LogP contribution in [0.25, 0.3) is 0 Å². The summed E-state index contributed by atoms with van der Waals surface area (Å²) in [4.78, 5) is 26.5. The summed E-state index contributed by atoms with van der Waals surface area (Å²) in [5.41, 5.74) is 0.653. The van der Waals surface area contributed by atoms with Gasteiger partial charge in [0.15, 0.2) is 0 Å². The smallest absolute Gasteiger partial charge is 0.277 e. The molecule has 0 radical (unpaired) electrons. The SMILES string of the molecule is O=C(NCc1nnc(SCC(=O)N2CCC(Cc3ccccc3)CC2)o1)c1c(F)cccc1F. The van der Waals surface area contributed by atoms with Crippen molar-refractivity contribution in [2.45, 2.75) is 31.0 Å². The van der Waals surface area contributed by atoms with Gasteiger partial charge in [-0.15, -0.1) is 10.2 Å². The predicted molar refractivity (Wildman–Crippen MR) is 122 cm³/mol. The maximum Gasteiger partial charge on any atom is 0.277 e. The normalized spacial score (nSPS) is 14.2. The molecule has 2 heterocycles. The molecule has 1 fully saturated rings. The number of benzene rings is 2. The first-order valence-electron chi connectivity index (χ1n) is 11.0. The van der Waals surface area contributed by atoms with Crippen molar-refractivity contribution >= 4 is 23.6 Å². The summed E-state index contributed by atoms with van der Waals surface area (Å²) in [7, 11) is 0. The molecule has 1 aliphatic heterocycles. The monoisotopic (exact) mass is 486 g/mol. The number of piperidine rings is 1. The lowest BCUT2D eigenvalue weighted by Gasteiger charge is -2.32. The molecule has 34 heavy (non-hydrogen) atoms. The number of carbonyl (C=O) groups excluding carboxylic acids is 2. The van der Waals surface area contributed by atoms with E-state index in [1.807, 2.05) is 23.1 Å². The van der Waals surface area contributed by atoms with Crippen LogP contribution in [0.4, 0.5) is 8.78 Å². The summed E-state index contributed by atoms with van der Waals surface area (Å²) < 4.78 is 32.8. The lowest BCUT2D eigenvalue weighted by Crippen LogP contribution is -2.39. The molecule has 0 unspecified atom stereocenters. The first kappa shape index (κ1) is 23.9. The van der Waals surface area contributed by atoms with Crippen molar-refractivity contribution in [1.29, 1.82) is 0 Å². The van der Waals surface area contributed by atoms with Crippen molar-refractivity contribution in [3.8, 4) is 0 Å². The van der Waals surface area contributed by atoms with E-state index in [4.69, 9.17) is 4.42 Å². The fraction of sp³-hybridized carbons (Fsp3) is 0.333. The number of aromatic nitrogens is 2. The molecule has 0 saturated carbocycles. The van der Waals surface area contributed by atoms with Gasteiger partial charge in [0.25, 0.3) is 11.1 Å². The Labute approximate surface area is 199 Å². The molecule has 1 aliphatic rings. The average Bonchev–Trinajstić information content (AvgIpc) is 3.30. The van der Waals surface area contributed by atoms with E-state index in [0.29, 0.717) is 5.92 Å². The van der Waals surface area contributed by atoms with Gasteiger partial charge in [0.2, 0.25) is 11.8 Å². The topological polar surface area (TPSA) is 88.3 Å². The largest absolute Gasteiger partial charge is 0.414 e. The molecule has 0 spiro atoms. The summed E-state index contributed by atoms with van der Waals surface area (Å²) in [6, 6.07) is 13.6. The molecule has 2 aromatic carbocycles. The second kappa shape index (κ2) is 11.2. The van der Waals surface area contributed by atoms with Crippen LogP contribution in [-0.4, -0.2) is 45.8 Å². The summed E-state index contributed by atoms with van der Waals surface area (Å²) >= 11 is 1.12. The van der Waals surface area contributed by atoms with E-state index in [-0.39, 0.29) is 29.3 Å². The van der Waals surface area contributed by atoms with Crippen molar-refractivity contribution in [3.63, 3.8) is 0 Å². The number of amides is 2. The highest BCUT2D eigenvalue weighted by Gasteiger charge is 2.24. The Bertz CT molecular complexity index is 1110. The van der Waals surface area contributed by atoms with E-state index in [2.05, 4.69) is 27.6 Å². The summed E-state index contributed by atoms with van der Waals surface area (Å²) in [5, 5.41) is 10.2. The average molecular weight is 487 g/mol. The molecule has 2 amide bonds. The second-order valence-electron chi connectivity index (χ2n) is 8.04. The third kappa shape index (κ3) is 6.19. The molecule has 7 nitrogen and oxygen atoms in total. The summed E-state index contributed by atoms with van der Waals surface area (Å²) in [6.45, 7) is 1.26. The molecule has 10 heteroatoms. The van der Waals surface area contributed by atoms with Gasteiger partial charge < -0.3 is 14.6 Å². The first-order valence-corrected chi connectivity index (χ1v) is 12.0. The lowest BCUT2D eigenvalue weighted by molar-refractivity contribution is -0.129. The number of thioether (sulfide) groups is 1. The number of halogens is 2. The molecule has 3 aromatic rings. The first-order chi connectivity index (χ1) is 16.5. The van der Waals surface area contributed by atoms with Crippen molar-refractivity contribution < 1.29 is 22.8 Å². The molecule has 1 aromatic heterocycles. The molecule has 0 aliphatic carbocycles. The second-order valence-corrected chi connectivity index (χ2v) is 8.97. The maximum absolute atomic E-state index is 13.7. The van der Waals surface area contributed by atoms with Gasteiger partial charge in [0.1, 0.15) is 17.2 Å². The van der Waals surface area contributed by atoms with E-state index >= 15 is 0 Å². The van der Waals surface area contributed by atoms with Crippen LogP contribution in [0.5, 0.6) is 0 Å². The maximum atomic E-state index is 13.7. The van der Waals surface area contributed by atoms with Gasteiger partial charge in [-0.25, -0.2) is 8.78 Å². The number of rotatable bonds is 8. The van der Waals surface area contributed by atoms with Gasteiger partial charge >= 0.3 is 0 Å². The number of carbonyl (C=O) groups is 2. The van der Waals surface area contributed by atoms with Crippen molar-refractivity contribution in [2.75, 3.05) is 18.8 Å². The van der Waals surface area contributed by atoms with Crippen molar-refractivity contribution in [2.24, 2.45) is 5.92 Å². The van der Waals surface area contributed by atoms with Gasteiger partial charge in [-0.2, -0.15) is 0 Å². The third-order valence-corrected chi connectivity index (χ3v) is 6.50. The quantitative estimate of drug-likeness (QED) is 0.487. The Morgan fingerprint density at radius 1 is 1.03 bits per heavy atom. The molecule has 0 atom stereocenters. The Balaban J connectivity index is 1.19. The molecule has 1 saturated heterocycles. The van der Waals surface area contributed by atoms with Gasteiger partial charge in [-0.05, 0) is 42.9 Å². The van der Waals surface area contributed by atoms with Gasteiger partial charge in [-0.3, -0.25) is 9.59 Å². The zero-order valence-corrected chi connectivity index (χ0v) is 19.2. The van der Waals surface area contributed by atoms with Crippen molar-refractivity contribution in [3.05, 3.63) is 77.2 Å². The van der Waals surface area contributed by atoms with E-state index in [9.17, 15) is 18.4 Å². The number of nitrogens with one attached hydrogen (secondary N) is 1. The van der Waals surface area contributed by atoms with Crippen LogP contribution in [0.2, 0.25) is 0 Å². The molecule has 178 valence electrons. The highest BCUT2D eigenvalue weighted by molar-refractivity contribution is 7.99. The number of hydrogen-bond donors (Lipinski definition) is 1.